The minimum absolute atomic E-state index is 0.748. The molecule has 0 spiro atoms. The third-order valence-corrected chi connectivity index (χ3v) is 4.82. The van der Waals surface area contributed by atoms with Gasteiger partial charge in [-0.15, -0.1) is 0 Å². The van der Waals surface area contributed by atoms with Crippen LogP contribution in [0.15, 0.2) is 24.3 Å². The number of anilines is 2. The van der Waals surface area contributed by atoms with E-state index in [0.29, 0.717) is 0 Å². The standard InChI is InChI=1S/C20H29N5O2/c1-15-22-19(14-20(23-15)25-11-9-24(2)10-12-25)21-8-7-16-5-6-17(26-3)18(13-16)27-4/h5-6,13-14H,7-12H2,1-4H3,(H,21,22,23). The van der Waals surface area contributed by atoms with Gasteiger partial charge in [-0.2, -0.15) is 0 Å². The molecule has 1 saturated heterocycles. The number of aromatic nitrogens is 2. The topological polar surface area (TPSA) is 62.8 Å². The second kappa shape index (κ2) is 8.90. The Bertz CT molecular complexity index is 760. The number of aryl methyl sites for hydroxylation is 1. The average molecular weight is 371 g/mol. The van der Waals surface area contributed by atoms with Crippen LogP contribution in [0.25, 0.3) is 0 Å². The number of piperazine rings is 1. The molecule has 0 radical (unpaired) electrons. The first-order chi connectivity index (χ1) is 13.1. The zero-order valence-electron chi connectivity index (χ0n) is 16.7. The Hall–Kier alpha value is -2.54. The maximum atomic E-state index is 5.37. The molecule has 0 saturated carbocycles. The Morgan fingerprint density at radius 3 is 2.44 bits per heavy atom. The van der Waals surface area contributed by atoms with Crippen LogP contribution in [0.1, 0.15) is 11.4 Å². The molecule has 1 aromatic heterocycles. The van der Waals surface area contributed by atoms with Crippen LogP contribution in [0, 0.1) is 6.92 Å². The van der Waals surface area contributed by atoms with Crippen LogP contribution in [-0.2, 0) is 6.42 Å². The summed E-state index contributed by atoms with van der Waals surface area (Å²) in [6.07, 6.45) is 0.868. The van der Waals surface area contributed by atoms with Crippen molar-refractivity contribution in [3.05, 3.63) is 35.7 Å². The summed E-state index contributed by atoms with van der Waals surface area (Å²) in [5.41, 5.74) is 1.19. The molecule has 2 aromatic rings. The van der Waals surface area contributed by atoms with Crippen molar-refractivity contribution in [2.45, 2.75) is 13.3 Å². The predicted molar refractivity (Wildman–Crippen MR) is 108 cm³/mol. The summed E-state index contributed by atoms with van der Waals surface area (Å²) >= 11 is 0. The Labute approximate surface area is 161 Å². The van der Waals surface area contributed by atoms with E-state index in [9.17, 15) is 0 Å². The van der Waals surface area contributed by atoms with Crippen molar-refractivity contribution < 1.29 is 9.47 Å². The molecule has 1 aliphatic heterocycles. The van der Waals surface area contributed by atoms with Gasteiger partial charge in [-0.1, -0.05) is 6.07 Å². The van der Waals surface area contributed by atoms with E-state index in [1.807, 2.05) is 25.1 Å². The van der Waals surface area contributed by atoms with Gasteiger partial charge in [0, 0.05) is 38.8 Å². The summed E-state index contributed by atoms with van der Waals surface area (Å²) in [6, 6.07) is 8.06. The van der Waals surface area contributed by atoms with Gasteiger partial charge in [0.25, 0.3) is 0 Å². The summed E-state index contributed by atoms with van der Waals surface area (Å²) < 4.78 is 10.7. The molecule has 2 heterocycles. The maximum Gasteiger partial charge on any atom is 0.160 e. The van der Waals surface area contributed by atoms with Crippen molar-refractivity contribution in [3.8, 4) is 11.5 Å². The first kappa shape index (κ1) is 19.2. The number of rotatable bonds is 7. The molecule has 1 aromatic carbocycles. The molecule has 0 bridgehead atoms. The van der Waals surface area contributed by atoms with Crippen molar-refractivity contribution in [2.24, 2.45) is 0 Å². The van der Waals surface area contributed by atoms with Crippen LogP contribution < -0.4 is 19.7 Å². The summed E-state index contributed by atoms with van der Waals surface area (Å²) in [7, 11) is 5.46. The van der Waals surface area contributed by atoms with Crippen LogP contribution in [0.2, 0.25) is 0 Å². The van der Waals surface area contributed by atoms with Gasteiger partial charge in [-0.25, -0.2) is 9.97 Å². The van der Waals surface area contributed by atoms with Crippen LogP contribution in [0.5, 0.6) is 11.5 Å². The Morgan fingerprint density at radius 2 is 1.74 bits per heavy atom. The lowest BCUT2D eigenvalue weighted by atomic mass is 10.1. The number of hydrogen-bond acceptors (Lipinski definition) is 7. The number of nitrogens with zero attached hydrogens (tertiary/aromatic N) is 4. The van der Waals surface area contributed by atoms with E-state index in [4.69, 9.17) is 9.47 Å². The number of likely N-dealkylation sites (N-methyl/N-ethyl adjacent to an activating group) is 1. The molecular formula is C20H29N5O2. The Kier molecular flexibility index (Phi) is 6.34. The molecule has 27 heavy (non-hydrogen) atoms. The molecule has 0 amide bonds. The highest BCUT2D eigenvalue weighted by Crippen LogP contribution is 2.27. The van der Waals surface area contributed by atoms with E-state index in [2.05, 4.69) is 38.2 Å². The minimum atomic E-state index is 0.748. The molecule has 7 heteroatoms. The highest BCUT2D eigenvalue weighted by molar-refractivity contribution is 5.50. The molecule has 1 N–H and O–H groups in total. The summed E-state index contributed by atoms with van der Waals surface area (Å²) in [5.74, 6) is 4.17. The third kappa shape index (κ3) is 5.01. The second-order valence-electron chi connectivity index (χ2n) is 6.82. The van der Waals surface area contributed by atoms with Crippen molar-refractivity contribution in [3.63, 3.8) is 0 Å². The summed E-state index contributed by atoms with van der Waals surface area (Å²) in [6.45, 7) is 6.85. The quantitative estimate of drug-likeness (QED) is 0.800. The van der Waals surface area contributed by atoms with Crippen molar-refractivity contribution in [2.75, 3.05) is 64.2 Å². The van der Waals surface area contributed by atoms with Gasteiger partial charge >= 0.3 is 0 Å². The Morgan fingerprint density at radius 1 is 1.00 bits per heavy atom. The number of methoxy groups -OCH3 is 2. The molecule has 0 atom stereocenters. The van der Waals surface area contributed by atoms with Gasteiger partial charge in [0.15, 0.2) is 11.5 Å². The van der Waals surface area contributed by atoms with E-state index in [0.717, 1.165) is 68.1 Å². The largest absolute Gasteiger partial charge is 0.493 e. The lowest BCUT2D eigenvalue weighted by molar-refractivity contribution is 0.312. The SMILES string of the molecule is COc1ccc(CCNc2cc(N3CCN(C)CC3)nc(C)n2)cc1OC. The van der Waals surface area contributed by atoms with Crippen LogP contribution in [0.4, 0.5) is 11.6 Å². The zero-order chi connectivity index (χ0) is 19.2. The lowest BCUT2D eigenvalue weighted by Gasteiger charge is -2.33. The predicted octanol–water partition coefficient (Wildman–Crippen LogP) is 2.21. The fraction of sp³-hybridized carbons (Fsp3) is 0.500. The number of nitrogens with one attached hydrogen (secondary N) is 1. The molecule has 0 aliphatic carbocycles. The normalized spacial score (nSPS) is 14.9. The molecule has 0 unspecified atom stereocenters. The van der Waals surface area contributed by atoms with Crippen molar-refractivity contribution in [1.29, 1.82) is 0 Å². The number of ether oxygens (including phenoxy) is 2. The highest BCUT2D eigenvalue weighted by atomic mass is 16.5. The van der Waals surface area contributed by atoms with Gasteiger partial charge in [-0.05, 0) is 38.1 Å². The fourth-order valence-electron chi connectivity index (χ4n) is 3.21. The molecule has 3 rings (SSSR count). The average Bonchev–Trinajstić information content (AvgIpc) is 2.68. The van der Waals surface area contributed by atoms with Crippen LogP contribution in [-0.4, -0.2) is 68.9 Å². The summed E-state index contributed by atoms with van der Waals surface area (Å²) in [5, 5.41) is 3.43. The summed E-state index contributed by atoms with van der Waals surface area (Å²) in [4.78, 5) is 13.8. The van der Waals surface area contributed by atoms with Crippen LogP contribution >= 0.6 is 0 Å². The van der Waals surface area contributed by atoms with Gasteiger partial charge in [-0.3, -0.25) is 0 Å². The molecular weight excluding hydrogens is 342 g/mol. The van der Waals surface area contributed by atoms with E-state index >= 15 is 0 Å². The van der Waals surface area contributed by atoms with E-state index in [1.54, 1.807) is 14.2 Å². The zero-order valence-corrected chi connectivity index (χ0v) is 16.7. The molecule has 7 nitrogen and oxygen atoms in total. The van der Waals surface area contributed by atoms with E-state index in [-0.39, 0.29) is 0 Å². The Balaban J connectivity index is 1.61. The van der Waals surface area contributed by atoms with Crippen molar-refractivity contribution >= 4 is 11.6 Å². The van der Waals surface area contributed by atoms with Crippen molar-refractivity contribution in [1.82, 2.24) is 14.9 Å². The lowest BCUT2D eigenvalue weighted by Crippen LogP contribution is -2.44. The third-order valence-electron chi connectivity index (χ3n) is 4.82. The second-order valence-corrected chi connectivity index (χ2v) is 6.82. The molecule has 1 aliphatic rings. The smallest absolute Gasteiger partial charge is 0.160 e. The van der Waals surface area contributed by atoms with Gasteiger partial charge < -0.3 is 24.6 Å². The molecule has 146 valence electrons. The minimum Gasteiger partial charge on any atom is -0.493 e. The van der Waals surface area contributed by atoms with Crippen LogP contribution in [0.3, 0.4) is 0 Å². The van der Waals surface area contributed by atoms with E-state index in [1.165, 1.54) is 5.56 Å². The maximum absolute atomic E-state index is 5.37. The highest BCUT2D eigenvalue weighted by Gasteiger charge is 2.16. The molecule has 1 fully saturated rings. The first-order valence-electron chi connectivity index (χ1n) is 9.33. The van der Waals surface area contributed by atoms with Gasteiger partial charge in [0.05, 0.1) is 14.2 Å². The monoisotopic (exact) mass is 371 g/mol. The number of hydrogen-bond donors (Lipinski definition) is 1. The fourth-order valence-corrected chi connectivity index (χ4v) is 3.21. The van der Waals surface area contributed by atoms with Gasteiger partial charge in [0.2, 0.25) is 0 Å². The van der Waals surface area contributed by atoms with Gasteiger partial charge in [0.1, 0.15) is 17.5 Å². The van der Waals surface area contributed by atoms with E-state index < -0.39 is 0 Å². The first-order valence-corrected chi connectivity index (χ1v) is 9.33. The number of benzene rings is 1.